The molecule has 1 heterocycles. The minimum atomic E-state index is -3.21. The third kappa shape index (κ3) is 4.68. The fourth-order valence-electron chi connectivity index (χ4n) is 2.92. The standard InChI is InChI=1S/C18H18F2N2O7/c1-8-15(10(3)23)9(2)21-16(8)17(24)28-7-11-5-13(27-4)14(29-18(19)20)6-12(11)22(25)26/h5-6,18,21H,7H2,1-4H3. The number of aromatic nitrogens is 1. The number of ketones is 1. The Balaban J connectivity index is 2.32. The molecule has 0 fully saturated rings. The number of carbonyl (C=O) groups excluding carboxylic acids is 2. The van der Waals surface area contributed by atoms with Crippen LogP contribution in [-0.4, -0.2) is 35.4 Å². The summed E-state index contributed by atoms with van der Waals surface area (Å²) < 4.78 is 39.3. The fourth-order valence-corrected chi connectivity index (χ4v) is 2.92. The van der Waals surface area contributed by atoms with Crippen LogP contribution in [0.2, 0.25) is 0 Å². The summed E-state index contributed by atoms with van der Waals surface area (Å²) in [7, 11) is 1.17. The van der Waals surface area contributed by atoms with Gasteiger partial charge < -0.3 is 19.2 Å². The minimum absolute atomic E-state index is 0.0416. The van der Waals surface area contributed by atoms with Gasteiger partial charge in [-0.3, -0.25) is 14.9 Å². The van der Waals surface area contributed by atoms with Crippen molar-refractivity contribution >= 4 is 17.4 Å². The number of nitro groups is 1. The van der Waals surface area contributed by atoms with Crippen molar-refractivity contribution < 1.29 is 37.5 Å². The number of esters is 1. The SMILES string of the molecule is COc1cc(COC(=O)c2[nH]c(C)c(C(C)=O)c2C)c([N+](=O)[O-])cc1OC(F)F. The van der Waals surface area contributed by atoms with Gasteiger partial charge in [0.1, 0.15) is 12.3 Å². The maximum atomic E-state index is 12.5. The molecule has 1 aromatic carbocycles. The molecule has 0 aliphatic rings. The molecule has 29 heavy (non-hydrogen) atoms. The van der Waals surface area contributed by atoms with Crippen LogP contribution in [-0.2, 0) is 11.3 Å². The summed E-state index contributed by atoms with van der Waals surface area (Å²) in [5.41, 5.74) is 0.613. The third-order valence-electron chi connectivity index (χ3n) is 4.13. The Labute approximate surface area is 163 Å². The van der Waals surface area contributed by atoms with Gasteiger partial charge in [-0.1, -0.05) is 0 Å². The van der Waals surface area contributed by atoms with Gasteiger partial charge in [0.15, 0.2) is 17.3 Å². The lowest BCUT2D eigenvalue weighted by Crippen LogP contribution is -2.10. The second kappa shape index (κ2) is 8.67. The highest BCUT2D eigenvalue weighted by molar-refractivity contribution is 6.01. The molecule has 0 unspecified atom stereocenters. The summed E-state index contributed by atoms with van der Waals surface area (Å²) in [5, 5.41) is 11.3. The number of aromatic amines is 1. The number of nitrogens with one attached hydrogen (secondary N) is 1. The first-order valence-corrected chi connectivity index (χ1v) is 8.24. The number of benzene rings is 1. The Morgan fingerprint density at radius 3 is 2.38 bits per heavy atom. The van der Waals surface area contributed by atoms with Gasteiger partial charge in [-0.25, -0.2) is 4.79 Å². The number of rotatable bonds is 8. The zero-order valence-corrected chi connectivity index (χ0v) is 16.0. The van der Waals surface area contributed by atoms with Crippen molar-refractivity contribution in [1.29, 1.82) is 0 Å². The van der Waals surface area contributed by atoms with Crippen molar-refractivity contribution in [3.05, 3.63) is 50.3 Å². The zero-order valence-electron chi connectivity index (χ0n) is 16.0. The molecule has 0 atom stereocenters. The predicted molar refractivity (Wildman–Crippen MR) is 95.7 cm³/mol. The van der Waals surface area contributed by atoms with Crippen molar-refractivity contribution in [2.75, 3.05) is 7.11 Å². The lowest BCUT2D eigenvalue weighted by molar-refractivity contribution is -0.386. The van der Waals surface area contributed by atoms with E-state index in [0.29, 0.717) is 16.8 Å². The molecule has 9 nitrogen and oxygen atoms in total. The van der Waals surface area contributed by atoms with Crippen LogP contribution in [0.25, 0.3) is 0 Å². The molecular weight excluding hydrogens is 394 g/mol. The summed E-state index contributed by atoms with van der Waals surface area (Å²) >= 11 is 0. The van der Waals surface area contributed by atoms with E-state index < -0.39 is 35.5 Å². The van der Waals surface area contributed by atoms with Crippen LogP contribution in [0.3, 0.4) is 0 Å². The number of nitrogens with zero attached hydrogens (tertiary/aromatic N) is 1. The second-order valence-electron chi connectivity index (χ2n) is 6.02. The van der Waals surface area contributed by atoms with Crippen LogP contribution in [0.15, 0.2) is 12.1 Å². The summed E-state index contributed by atoms with van der Waals surface area (Å²) in [5.74, 6) is -1.77. The molecule has 0 spiro atoms. The van der Waals surface area contributed by atoms with Crippen LogP contribution in [0.1, 0.15) is 44.6 Å². The fraction of sp³-hybridized carbons (Fsp3) is 0.333. The molecule has 0 radical (unpaired) electrons. The van der Waals surface area contributed by atoms with Crippen LogP contribution >= 0.6 is 0 Å². The van der Waals surface area contributed by atoms with Gasteiger partial charge in [0.2, 0.25) is 0 Å². The van der Waals surface area contributed by atoms with Crippen LogP contribution in [0, 0.1) is 24.0 Å². The number of alkyl halides is 2. The number of nitro benzene ring substituents is 1. The average molecular weight is 412 g/mol. The highest BCUT2D eigenvalue weighted by Gasteiger charge is 2.25. The van der Waals surface area contributed by atoms with Gasteiger partial charge >= 0.3 is 12.6 Å². The van der Waals surface area contributed by atoms with E-state index in [0.717, 1.165) is 12.1 Å². The summed E-state index contributed by atoms with van der Waals surface area (Å²) in [6.07, 6.45) is 0. The molecule has 0 aliphatic heterocycles. The normalized spacial score (nSPS) is 10.7. The first-order valence-electron chi connectivity index (χ1n) is 8.24. The zero-order chi connectivity index (χ0) is 21.9. The number of ether oxygens (including phenoxy) is 3. The highest BCUT2D eigenvalue weighted by atomic mass is 19.3. The lowest BCUT2D eigenvalue weighted by atomic mass is 10.1. The van der Waals surface area contributed by atoms with Gasteiger partial charge in [0, 0.05) is 11.3 Å². The third-order valence-corrected chi connectivity index (χ3v) is 4.13. The summed E-state index contributed by atoms with van der Waals surface area (Å²) in [6, 6.07) is 1.85. The molecule has 2 rings (SSSR count). The van der Waals surface area contributed by atoms with E-state index in [9.17, 15) is 28.5 Å². The first kappa shape index (κ1) is 21.8. The van der Waals surface area contributed by atoms with E-state index in [1.54, 1.807) is 13.8 Å². The van der Waals surface area contributed by atoms with Gasteiger partial charge in [-0.2, -0.15) is 8.78 Å². The number of methoxy groups -OCH3 is 1. The average Bonchev–Trinajstić information content (AvgIpc) is 2.93. The van der Waals surface area contributed by atoms with Gasteiger partial charge in [0.25, 0.3) is 5.69 Å². The highest BCUT2D eigenvalue weighted by Crippen LogP contribution is 2.36. The molecule has 1 aromatic heterocycles. The van der Waals surface area contributed by atoms with Crippen LogP contribution in [0.4, 0.5) is 14.5 Å². The number of H-pyrrole nitrogens is 1. The monoisotopic (exact) mass is 412 g/mol. The maximum Gasteiger partial charge on any atom is 0.387 e. The van der Waals surface area contributed by atoms with E-state index in [2.05, 4.69) is 9.72 Å². The second-order valence-corrected chi connectivity index (χ2v) is 6.02. The van der Waals surface area contributed by atoms with E-state index >= 15 is 0 Å². The molecule has 156 valence electrons. The lowest BCUT2D eigenvalue weighted by Gasteiger charge is -2.12. The topological polar surface area (TPSA) is 121 Å². The summed E-state index contributed by atoms with van der Waals surface area (Å²) in [6.45, 7) is 0.808. The van der Waals surface area contributed by atoms with Crippen LogP contribution in [0.5, 0.6) is 11.5 Å². The van der Waals surface area contributed by atoms with Crippen molar-refractivity contribution in [2.45, 2.75) is 34.0 Å². The number of Topliss-reactive ketones (excluding diaryl/α,β-unsaturated/α-hetero) is 1. The minimum Gasteiger partial charge on any atom is -0.493 e. The molecule has 0 aliphatic carbocycles. The molecule has 0 bridgehead atoms. The molecule has 2 aromatic rings. The quantitative estimate of drug-likeness (QED) is 0.304. The smallest absolute Gasteiger partial charge is 0.387 e. The Morgan fingerprint density at radius 2 is 1.90 bits per heavy atom. The number of carbonyl (C=O) groups is 2. The summed E-state index contributed by atoms with van der Waals surface area (Å²) in [4.78, 5) is 37.3. The number of halogens is 2. The Kier molecular flexibility index (Phi) is 6.52. The van der Waals surface area contributed by atoms with Gasteiger partial charge in [0.05, 0.1) is 23.7 Å². The first-order chi connectivity index (χ1) is 13.6. The van der Waals surface area contributed by atoms with Gasteiger partial charge in [-0.05, 0) is 32.4 Å². The molecular formula is C18H18F2N2O7. The Morgan fingerprint density at radius 1 is 1.24 bits per heavy atom. The number of aryl methyl sites for hydroxylation is 1. The van der Waals surface area contributed by atoms with E-state index in [4.69, 9.17) is 9.47 Å². The number of hydrogen-bond donors (Lipinski definition) is 1. The van der Waals surface area contributed by atoms with E-state index in [1.165, 1.54) is 14.0 Å². The number of hydrogen-bond acceptors (Lipinski definition) is 7. The van der Waals surface area contributed by atoms with Crippen molar-refractivity contribution in [2.24, 2.45) is 0 Å². The van der Waals surface area contributed by atoms with Crippen LogP contribution < -0.4 is 9.47 Å². The Bertz CT molecular complexity index is 970. The van der Waals surface area contributed by atoms with Gasteiger partial charge in [-0.15, -0.1) is 0 Å². The van der Waals surface area contributed by atoms with E-state index in [1.807, 2.05) is 0 Å². The van der Waals surface area contributed by atoms with Crippen molar-refractivity contribution in [3.63, 3.8) is 0 Å². The van der Waals surface area contributed by atoms with E-state index in [-0.39, 0.29) is 22.8 Å². The predicted octanol–water partition coefficient (Wildman–Crippen LogP) is 3.71. The molecule has 1 N–H and O–H groups in total. The van der Waals surface area contributed by atoms with Crippen molar-refractivity contribution in [3.8, 4) is 11.5 Å². The van der Waals surface area contributed by atoms with Crippen molar-refractivity contribution in [1.82, 2.24) is 4.98 Å². The largest absolute Gasteiger partial charge is 0.493 e. The molecule has 11 heteroatoms. The molecule has 0 saturated carbocycles. The molecule has 0 amide bonds. The Hall–Kier alpha value is -3.50. The molecule has 0 saturated heterocycles. The maximum absolute atomic E-state index is 12.5.